The second-order valence-corrected chi connectivity index (χ2v) is 8.61. The minimum atomic E-state index is -4.15. The fourth-order valence-electron chi connectivity index (χ4n) is 3.04. The van der Waals surface area contributed by atoms with Crippen molar-refractivity contribution in [3.63, 3.8) is 0 Å². The summed E-state index contributed by atoms with van der Waals surface area (Å²) in [6.07, 6.45) is 0. The lowest BCUT2D eigenvalue weighted by atomic mass is 10.1. The summed E-state index contributed by atoms with van der Waals surface area (Å²) in [4.78, 5) is 24.4. The number of carbonyl (C=O) groups excluding carboxylic acids is 1. The monoisotopic (exact) mass is 434 g/mol. The zero-order valence-corrected chi connectivity index (χ0v) is 17.3. The van der Waals surface area contributed by atoms with Gasteiger partial charge in [-0.25, -0.2) is 17.9 Å². The Bertz CT molecular complexity index is 1440. The van der Waals surface area contributed by atoms with E-state index in [2.05, 4.69) is 5.32 Å². The smallest absolute Gasteiger partial charge is 0.333 e. The molecule has 0 fully saturated rings. The van der Waals surface area contributed by atoms with Crippen LogP contribution in [0, 0.1) is 6.92 Å². The highest BCUT2D eigenvalue weighted by Crippen LogP contribution is 2.24. The van der Waals surface area contributed by atoms with Crippen LogP contribution >= 0.6 is 0 Å². The first-order chi connectivity index (χ1) is 14.8. The maximum atomic E-state index is 12.7. The number of anilines is 1. The van der Waals surface area contributed by atoms with Gasteiger partial charge in [-0.2, -0.15) is 0 Å². The minimum absolute atomic E-state index is 0.139. The maximum absolute atomic E-state index is 12.7. The number of aryl methyl sites for hydroxylation is 1. The molecule has 1 heterocycles. The summed E-state index contributed by atoms with van der Waals surface area (Å²) in [5.41, 5.74) is 2.03. The molecule has 7 nitrogen and oxygen atoms in total. The lowest BCUT2D eigenvalue weighted by Gasteiger charge is -2.10. The van der Waals surface area contributed by atoms with E-state index in [0.29, 0.717) is 22.2 Å². The van der Waals surface area contributed by atoms with E-state index in [1.807, 2.05) is 11.6 Å². The summed E-state index contributed by atoms with van der Waals surface area (Å²) in [6.45, 7) is 1.90. The third kappa shape index (κ3) is 4.49. The summed E-state index contributed by atoms with van der Waals surface area (Å²) in [7, 11) is -4.15. The number of para-hydroxylation sites is 1. The molecular weight excluding hydrogens is 416 g/mol. The van der Waals surface area contributed by atoms with Crippen LogP contribution < -0.4 is 15.5 Å². The van der Waals surface area contributed by atoms with E-state index in [1.165, 1.54) is 24.3 Å². The Morgan fingerprint density at radius 1 is 0.903 bits per heavy atom. The molecule has 0 aliphatic rings. The van der Waals surface area contributed by atoms with Gasteiger partial charge in [-0.05, 0) is 43.3 Å². The number of nitrogens with one attached hydrogen (secondary N) is 2. The zero-order valence-electron chi connectivity index (χ0n) is 16.5. The summed E-state index contributed by atoms with van der Waals surface area (Å²) in [5.74, 6) is 0.227. The van der Waals surface area contributed by atoms with Crippen LogP contribution in [0.1, 0.15) is 5.56 Å². The lowest BCUT2D eigenvalue weighted by molar-refractivity contribution is 0.256. The highest BCUT2D eigenvalue weighted by Gasteiger charge is 2.19. The normalized spacial score (nSPS) is 11.3. The van der Waals surface area contributed by atoms with E-state index in [0.717, 1.165) is 5.56 Å². The molecule has 2 amide bonds. The Labute approximate surface area is 178 Å². The van der Waals surface area contributed by atoms with Crippen molar-refractivity contribution < 1.29 is 17.6 Å². The predicted octanol–water partition coefficient (Wildman–Crippen LogP) is 4.28. The van der Waals surface area contributed by atoms with Crippen molar-refractivity contribution in [3.8, 4) is 11.3 Å². The summed E-state index contributed by atoms with van der Waals surface area (Å²) < 4.78 is 33.1. The highest BCUT2D eigenvalue weighted by molar-refractivity contribution is 7.90. The van der Waals surface area contributed by atoms with E-state index >= 15 is 0 Å². The summed E-state index contributed by atoms with van der Waals surface area (Å²) in [5, 5.41) is 2.91. The van der Waals surface area contributed by atoms with Crippen molar-refractivity contribution >= 4 is 32.7 Å². The average molecular weight is 434 g/mol. The molecule has 0 unspecified atom stereocenters. The molecule has 8 heteroatoms. The second kappa shape index (κ2) is 8.08. The van der Waals surface area contributed by atoms with Crippen LogP contribution in [0.4, 0.5) is 10.5 Å². The third-order valence-electron chi connectivity index (χ3n) is 4.60. The van der Waals surface area contributed by atoms with Gasteiger partial charge < -0.3 is 9.73 Å². The van der Waals surface area contributed by atoms with Crippen molar-refractivity contribution in [2.45, 2.75) is 11.8 Å². The summed E-state index contributed by atoms with van der Waals surface area (Å²) >= 11 is 0. The van der Waals surface area contributed by atoms with Crippen LogP contribution in [0.2, 0.25) is 0 Å². The number of hydrogen-bond acceptors (Lipinski definition) is 5. The molecule has 0 saturated carbocycles. The van der Waals surface area contributed by atoms with Gasteiger partial charge in [-0.1, -0.05) is 42.0 Å². The van der Waals surface area contributed by atoms with Crippen molar-refractivity contribution in [1.29, 1.82) is 0 Å². The number of benzene rings is 3. The molecule has 156 valence electrons. The first kappa shape index (κ1) is 20.4. The van der Waals surface area contributed by atoms with Gasteiger partial charge in [-0.3, -0.25) is 4.79 Å². The SMILES string of the molecule is Cc1ccc(NC(=O)NS(=O)(=O)c2cccc(-c3cc(=O)c4ccccc4o3)c2)cc1. The first-order valence-electron chi connectivity index (χ1n) is 9.36. The lowest BCUT2D eigenvalue weighted by Crippen LogP contribution is -2.34. The fourth-order valence-corrected chi connectivity index (χ4v) is 3.99. The van der Waals surface area contributed by atoms with E-state index < -0.39 is 16.1 Å². The number of urea groups is 1. The molecule has 4 aromatic rings. The average Bonchev–Trinajstić information content (AvgIpc) is 2.75. The van der Waals surface area contributed by atoms with Gasteiger partial charge in [0.25, 0.3) is 10.0 Å². The highest BCUT2D eigenvalue weighted by atomic mass is 32.2. The standard InChI is InChI=1S/C23H18N2O5S/c1-15-9-11-17(12-10-15)24-23(27)25-31(28,29)18-6-4-5-16(13-18)22-14-20(26)19-7-2-3-8-21(19)30-22/h2-14H,1H3,(H2,24,25,27). The number of hydrogen-bond donors (Lipinski definition) is 2. The predicted molar refractivity (Wildman–Crippen MR) is 118 cm³/mol. The van der Waals surface area contributed by atoms with Crippen LogP contribution in [-0.4, -0.2) is 14.4 Å². The van der Waals surface area contributed by atoms with Crippen LogP contribution in [0.5, 0.6) is 0 Å². The number of fused-ring (bicyclic) bond motifs is 1. The minimum Gasteiger partial charge on any atom is -0.456 e. The number of amides is 2. The van der Waals surface area contributed by atoms with Crippen molar-refractivity contribution in [2.24, 2.45) is 0 Å². The summed E-state index contributed by atoms with van der Waals surface area (Å²) in [6, 6.07) is 20.0. The largest absolute Gasteiger partial charge is 0.456 e. The maximum Gasteiger partial charge on any atom is 0.333 e. The van der Waals surface area contributed by atoms with Crippen molar-refractivity contribution in [2.75, 3.05) is 5.32 Å². The Balaban J connectivity index is 1.60. The quantitative estimate of drug-likeness (QED) is 0.499. The van der Waals surface area contributed by atoms with Gasteiger partial charge in [0, 0.05) is 17.3 Å². The van der Waals surface area contributed by atoms with Gasteiger partial charge in [0.1, 0.15) is 11.3 Å². The Morgan fingerprint density at radius 3 is 2.42 bits per heavy atom. The molecule has 3 aromatic carbocycles. The van der Waals surface area contributed by atoms with Crippen LogP contribution in [-0.2, 0) is 10.0 Å². The number of carbonyl (C=O) groups is 1. The van der Waals surface area contributed by atoms with E-state index in [-0.39, 0.29) is 16.1 Å². The van der Waals surface area contributed by atoms with Crippen molar-refractivity contribution in [3.05, 3.63) is 94.6 Å². The molecule has 0 bridgehead atoms. The van der Waals surface area contributed by atoms with Gasteiger partial charge in [-0.15, -0.1) is 0 Å². The van der Waals surface area contributed by atoms with Gasteiger partial charge in [0.2, 0.25) is 0 Å². The fraction of sp³-hybridized carbons (Fsp3) is 0.0435. The second-order valence-electron chi connectivity index (χ2n) is 6.92. The van der Waals surface area contributed by atoms with Crippen LogP contribution in [0.3, 0.4) is 0 Å². The topological polar surface area (TPSA) is 105 Å². The molecule has 0 spiro atoms. The van der Waals surface area contributed by atoms with Gasteiger partial charge >= 0.3 is 6.03 Å². The molecule has 0 radical (unpaired) electrons. The molecule has 2 N–H and O–H groups in total. The third-order valence-corrected chi connectivity index (χ3v) is 5.93. The molecule has 0 saturated heterocycles. The Kier molecular flexibility index (Phi) is 5.31. The molecule has 1 aromatic heterocycles. The van der Waals surface area contributed by atoms with Crippen molar-refractivity contribution in [1.82, 2.24) is 4.72 Å². The zero-order chi connectivity index (χ0) is 22.0. The molecule has 31 heavy (non-hydrogen) atoms. The number of rotatable bonds is 4. The molecular formula is C23H18N2O5S. The first-order valence-corrected chi connectivity index (χ1v) is 10.8. The molecule has 0 atom stereocenters. The molecule has 4 rings (SSSR count). The number of sulfonamides is 1. The molecule has 0 aliphatic carbocycles. The molecule has 0 aliphatic heterocycles. The van der Waals surface area contributed by atoms with E-state index in [9.17, 15) is 18.0 Å². The van der Waals surface area contributed by atoms with Crippen LogP contribution in [0.15, 0.2) is 93.0 Å². The van der Waals surface area contributed by atoms with Gasteiger partial charge in [0.05, 0.1) is 10.3 Å². The van der Waals surface area contributed by atoms with E-state index in [1.54, 1.807) is 54.6 Å². The van der Waals surface area contributed by atoms with Crippen LogP contribution in [0.25, 0.3) is 22.3 Å². The Hall–Kier alpha value is -3.91. The van der Waals surface area contributed by atoms with E-state index in [4.69, 9.17) is 4.42 Å². The Morgan fingerprint density at radius 2 is 1.65 bits per heavy atom. The van der Waals surface area contributed by atoms with Gasteiger partial charge in [0.15, 0.2) is 5.43 Å².